The monoisotopic (exact) mass is 1330 g/mol. The molecule has 0 bridgehead atoms. The summed E-state index contributed by atoms with van der Waals surface area (Å²) in [6.45, 7) is 4.32. The number of aryl methyl sites for hydroxylation is 1. The number of sulfone groups is 1. The Hall–Kier alpha value is -8.07. The number of amides is 3. The lowest BCUT2D eigenvalue weighted by atomic mass is 9.77. The first-order chi connectivity index (χ1) is 41.3. The molecule has 2 aliphatic rings. The first-order valence-corrected chi connectivity index (χ1v) is 31.1. The van der Waals surface area contributed by atoms with Crippen LogP contribution in [-0.4, -0.2) is 108 Å². The minimum Gasteiger partial charge on any atom is -0.481 e. The fraction of sp³-hybridized carbons (Fsp3) is 0.404. The van der Waals surface area contributed by atoms with Crippen LogP contribution in [0.15, 0.2) is 54.6 Å². The maximum Gasteiger partial charge on any atom is 0.435 e. The van der Waals surface area contributed by atoms with E-state index in [1.165, 1.54) is 52.8 Å². The molecule has 6 N–H and O–H groups in total. The molecule has 482 valence electrons. The number of hydrogen-bond donors (Lipinski definition) is 6. The molecular weight excluding hydrogens is 1280 g/mol. The van der Waals surface area contributed by atoms with Crippen molar-refractivity contribution in [3.63, 3.8) is 0 Å². The van der Waals surface area contributed by atoms with Crippen molar-refractivity contribution in [3.05, 3.63) is 122 Å². The van der Waals surface area contributed by atoms with E-state index in [4.69, 9.17) is 16.1 Å². The fourth-order valence-corrected chi connectivity index (χ4v) is 11.8. The maximum atomic E-state index is 15.7. The summed E-state index contributed by atoms with van der Waals surface area (Å²) in [7, 11) is -8.42. The summed E-state index contributed by atoms with van der Waals surface area (Å²) >= 11 is 6.80. The minimum atomic E-state index is -5.25. The van der Waals surface area contributed by atoms with Gasteiger partial charge < -0.3 is 35.6 Å². The Bertz CT molecular complexity index is 4170. The number of aromatic nitrogens is 5. The molecule has 8 rings (SSSR count). The van der Waals surface area contributed by atoms with E-state index in [0.717, 1.165) is 43.3 Å². The average molecular weight is 1330 g/mol. The van der Waals surface area contributed by atoms with Crippen LogP contribution < -0.4 is 20.5 Å². The van der Waals surface area contributed by atoms with Gasteiger partial charge in [0.05, 0.1) is 40.5 Å². The Morgan fingerprint density at radius 3 is 2.13 bits per heavy atom. The topological polar surface area (TPSA) is 291 Å². The Morgan fingerprint density at radius 2 is 1.54 bits per heavy atom. The van der Waals surface area contributed by atoms with Gasteiger partial charge in [-0.1, -0.05) is 43.5 Å². The number of fused-ring (bicyclic) bond motifs is 4. The average Bonchev–Trinajstić information content (AvgIpc) is 1.52. The van der Waals surface area contributed by atoms with Crippen molar-refractivity contribution in [2.45, 2.75) is 126 Å². The highest BCUT2D eigenvalue weighted by Gasteiger charge is 2.68. The number of halogens is 11. The van der Waals surface area contributed by atoms with Crippen molar-refractivity contribution in [1.82, 2.24) is 35.2 Å². The molecule has 0 aliphatic heterocycles. The van der Waals surface area contributed by atoms with E-state index in [-0.39, 0.29) is 55.4 Å². The van der Waals surface area contributed by atoms with Crippen molar-refractivity contribution < 1.29 is 100 Å². The van der Waals surface area contributed by atoms with Gasteiger partial charge in [-0.2, -0.15) is 45.3 Å². The summed E-state index contributed by atoms with van der Waals surface area (Å²) in [6, 6.07) is 5.67. The number of carboxylic acid groups (broad SMARTS) is 2. The number of rotatable bonds is 21. The Kier molecular flexibility index (Phi) is 18.3. The van der Waals surface area contributed by atoms with E-state index in [9.17, 15) is 87.2 Å². The van der Waals surface area contributed by atoms with Crippen molar-refractivity contribution >= 4 is 75.4 Å². The van der Waals surface area contributed by atoms with E-state index in [1.54, 1.807) is 0 Å². The number of nitrogens with zero attached hydrogens (tertiary/aromatic N) is 5. The van der Waals surface area contributed by atoms with Gasteiger partial charge in [0.1, 0.15) is 52.7 Å². The number of aliphatic carboxylic acids is 2. The zero-order valence-corrected chi connectivity index (χ0v) is 50.7. The molecular formula is C57H54ClF10N8O12PS. The number of anilines is 1. The number of pyridine rings is 1. The molecule has 0 saturated heterocycles. The van der Waals surface area contributed by atoms with Crippen LogP contribution in [0.5, 0.6) is 5.75 Å². The lowest BCUT2D eigenvalue weighted by Crippen LogP contribution is -2.43. The molecule has 3 aromatic carbocycles. The number of carboxylic acids is 2. The molecule has 90 heavy (non-hydrogen) atoms. The number of hydrogen-bond acceptors (Lipinski definition) is 12. The second kappa shape index (κ2) is 24.3. The van der Waals surface area contributed by atoms with Gasteiger partial charge in [0, 0.05) is 59.0 Å². The third-order valence-electron chi connectivity index (χ3n) is 14.8. The van der Waals surface area contributed by atoms with Crippen LogP contribution in [0.25, 0.3) is 22.0 Å². The summed E-state index contributed by atoms with van der Waals surface area (Å²) in [5.74, 6) is -11.5. The first kappa shape index (κ1) is 67.9. The first-order valence-electron chi connectivity index (χ1n) is 26.8. The molecule has 2 aliphatic carbocycles. The lowest BCUT2D eigenvalue weighted by molar-refractivity contribution is -0.147. The molecule has 33 heteroatoms. The van der Waals surface area contributed by atoms with Crippen LogP contribution >= 0.6 is 19.2 Å². The van der Waals surface area contributed by atoms with Gasteiger partial charge in [0.2, 0.25) is 17.7 Å². The highest BCUT2D eigenvalue weighted by molar-refractivity contribution is 7.92. The van der Waals surface area contributed by atoms with Crippen LogP contribution in [0.3, 0.4) is 0 Å². The molecule has 3 heterocycles. The number of carbonyl (C=O) groups is 5. The van der Waals surface area contributed by atoms with Crippen molar-refractivity contribution in [2.75, 3.05) is 18.2 Å². The normalized spacial score (nSPS) is 16.8. The number of nitrogens with one attached hydrogen (secondary N) is 3. The molecule has 20 nitrogen and oxygen atoms in total. The summed E-state index contributed by atoms with van der Waals surface area (Å²) < 4.78 is 192. The van der Waals surface area contributed by atoms with Crippen molar-refractivity contribution in [1.29, 1.82) is 0 Å². The summed E-state index contributed by atoms with van der Waals surface area (Å²) in [5, 5.41) is 32.6. The number of alkyl halides is 8. The second-order valence-electron chi connectivity index (χ2n) is 23.1. The minimum absolute atomic E-state index is 0.0169. The zero-order chi connectivity index (χ0) is 66.9. The third kappa shape index (κ3) is 15.0. The van der Waals surface area contributed by atoms with Gasteiger partial charge in [-0.15, -0.1) is 0 Å². The van der Waals surface area contributed by atoms with Crippen LogP contribution in [0.2, 0.25) is 5.02 Å². The summed E-state index contributed by atoms with van der Waals surface area (Å²) in [5.41, 5.74) is -7.19. The van der Waals surface area contributed by atoms with E-state index >= 15 is 8.78 Å². The Labute approximate surface area is 510 Å². The molecule has 6 aromatic rings. The Morgan fingerprint density at radius 1 is 0.900 bits per heavy atom. The Balaban J connectivity index is 1.27. The van der Waals surface area contributed by atoms with Crippen LogP contribution in [-0.2, 0) is 81.8 Å². The maximum absolute atomic E-state index is 15.7. The van der Waals surface area contributed by atoms with E-state index in [2.05, 4.69) is 43.0 Å². The van der Waals surface area contributed by atoms with Crippen molar-refractivity contribution in [2.24, 2.45) is 5.92 Å². The predicted octanol–water partition coefficient (Wildman–Crippen LogP) is 9.69. The third-order valence-corrected chi connectivity index (χ3v) is 17.6. The van der Waals surface area contributed by atoms with Gasteiger partial charge >= 0.3 is 31.9 Å². The predicted molar refractivity (Wildman–Crippen MR) is 302 cm³/mol. The number of carbonyl (C=O) groups excluding carboxylic acids is 3. The van der Waals surface area contributed by atoms with Gasteiger partial charge in [-0.05, 0) is 98.5 Å². The molecule has 1 fully saturated rings. The van der Waals surface area contributed by atoms with Crippen LogP contribution in [0.4, 0.5) is 49.7 Å². The molecule has 3 amide bonds. The van der Waals surface area contributed by atoms with E-state index in [1.807, 2.05) is 0 Å². The molecule has 1 unspecified atom stereocenters. The van der Waals surface area contributed by atoms with Gasteiger partial charge in [0.15, 0.2) is 21.3 Å². The summed E-state index contributed by atoms with van der Waals surface area (Å²) in [4.78, 5) is 80.5. The molecule has 0 spiro atoms. The van der Waals surface area contributed by atoms with Crippen LogP contribution in [0.1, 0.15) is 110 Å². The summed E-state index contributed by atoms with van der Waals surface area (Å²) in [6.07, 6.45) is -13.0. The SMILES string of the molecule is Cc1cc(CC(=O)N[C@@H](CC(=O)O)C(=O)O)c(C(C)(C)CC(=O)Nc2nn(CC(F)(F)F)c3c(-c4ccc(C#CC(C)(C)S(C)(=O)=O)nc4[C@H](Cc4cc(F)cc(F)c4)NC(=O)Cn4nc(C(F)(F)F)c5c4C(F)(F)[C@@H]4C[C@H]54)ccc(Cl)c23)c(OP(C)(=O)O)c1. The van der Waals surface area contributed by atoms with E-state index < -0.39 is 189 Å². The molecule has 5 atom stereocenters. The quantitative estimate of drug-likeness (QED) is 0.0222. The van der Waals surface area contributed by atoms with Gasteiger partial charge in [-0.25, -0.2) is 31.5 Å². The number of benzene rings is 3. The molecule has 3 aromatic heterocycles. The highest BCUT2D eigenvalue weighted by Crippen LogP contribution is 2.68. The molecule has 0 radical (unpaired) electrons. The highest BCUT2D eigenvalue weighted by atomic mass is 35.5. The van der Waals surface area contributed by atoms with Crippen LogP contribution in [0, 0.1) is 36.3 Å². The smallest absolute Gasteiger partial charge is 0.435 e. The standard InChI is InChI=1S/C57H54ClF10N8O12PS/c1-26-14-28(19-40(77)71-38(52(82)83)22-43(80)81)46(39(15-26)88-89(6,84)85)53(2,3)23-41(78)72-51-45-36(58)11-10-33(48(45)76(74-51)25-55(61,62)63)32-9-8-31(12-13-54(4,5)90(7,86)87)69-47(32)37(18-27-16-29(59)20-30(60)17-27)70-42(79)24-75-50-44(49(73-75)57(66,67)68)34-21-35(34)56(50,64)65/h8-11,14-17,20,34-35,37-38H,18-19,21-25H2,1-7H3,(H,70,79)(H,71,77)(H,80,81)(H,82,83)(H,84,85)(H,72,74,78)/t34-,35+,37-,38-/m0/s1. The lowest BCUT2D eigenvalue weighted by Gasteiger charge is -2.30. The molecule has 1 saturated carbocycles. The van der Waals surface area contributed by atoms with E-state index in [0.29, 0.717) is 16.3 Å². The zero-order valence-electron chi connectivity index (χ0n) is 48.2. The van der Waals surface area contributed by atoms with Crippen molar-refractivity contribution in [3.8, 4) is 28.7 Å². The largest absolute Gasteiger partial charge is 0.481 e. The fourth-order valence-electron chi connectivity index (χ4n) is 10.8. The second-order valence-corrected chi connectivity index (χ2v) is 27.8. The van der Waals surface area contributed by atoms with Gasteiger partial charge in [0.25, 0.3) is 5.92 Å². The van der Waals surface area contributed by atoms with Gasteiger partial charge in [-0.3, -0.25) is 28.5 Å².